The summed E-state index contributed by atoms with van der Waals surface area (Å²) in [5.74, 6) is 1.63. The molecule has 0 amide bonds. The van der Waals surface area contributed by atoms with Gasteiger partial charge in [0.1, 0.15) is 11.3 Å². The van der Waals surface area contributed by atoms with Crippen LogP contribution in [0.5, 0.6) is 0 Å². The van der Waals surface area contributed by atoms with Crippen molar-refractivity contribution in [1.82, 2.24) is 4.90 Å². The highest BCUT2D eigenvalue weighted by atomic mass is 16.3. The van der Waals surface area contributed by atoms with E-state index in [4.69, 9.17) is 10.2 Å². The van der Waals surface area contributed by atoms with Crippen LogP contribution in [0.2, 0.25) is 0 Å². The molecule has 1 fully saturated rings. The Morgan fingerprint density at radius 3 is 2.76 bits per heavy atom. The first-order valence-corrected chi connectivity index (χ1v) is 7.94. The molecule has 0 radical (unpaired) electrons. The van der Waals surface area contributed by atoms with E-state index < -0.39 is 0 Å². The summed E-state index contributed by atoms with van der Waals surface area (Å²) in [6, 6.07) is 10.2. The molecule has 3 rings (SSSR count). The van der Waals surface area contributed by atoms with Crippen molar-refractivity contribution in [1.29, 1.82) is 0 Å². The summed E-state index contributed by atoms with van der Waals surface area (Å²) in [4.78, 5) is 2.32. The largest absolute Gasteiger partial charge is 0.459 e. The lowest BCUT2D eigenvalue weighted by Gasteiger charge is -2.48. The lowest BCUT2D eigenvalue weighted by Crippen LogP contribution is -2.54. The number of hydrogen-bond acceptors (Lipinski definition) is 3. The van der Waals surface area contributed by atoms with Crippen LogP contribution >= 0.6 is 0 Å². The fourth-order valence-electron chi connectivity index (χ4n) is 3.95. The average Bonchev–Trinajstić information content (AvgIpc) is 2.89. The van der Waals surface area contributed by atoms with Gasteiger partial charge in [-0.2, -0.15) is 0 Å². The van der Waals surface area contributed by atoms with Crippen molar-refractivity contribution < 1.29 is 4.42 Å². The third kappa shape index (κ3) is 2.49. The number of nitrogens with two attached hydrogens (primary N) is 1. The molecule has 2 N–H and O–H groups in total. The highest BCUT2D eigenvalue weighted by molar-refractivity contribution is 5.77. The van der Waals surface area contributed by atoms with Gasteiger partial charge in [-0.1, -0.05) is 38.0 Å². The van der Waals surface area contributed by atoms with Crippen LogP contribution in [-0.4, -0.2) is 24.5 Å². The predicted molar refractivity (Wildman–Crippen MR) is 87.2 cm³/mol. The van der Waals surface area contributed by atoms with Gasteiger partial charge in [-0.15, -0.1) is 0 Å². The van der Waals surface area contributed by atoms with E-state index in [0.717, 1.165) is 35.5 Å². The lowest BCUT2D eigenvalue weighted by atomic mass is 9.71. The summed E-state index contributed by atoms with van der Waals surface area (Å²) in [7, 11) is 4.31. The summed E-state index contributed by atoms with van der Waals surface area (Å²) in [6.45, 7) is 2.34. The molecule has 1 aromatic heterocycles. The van der Waals surface area contributed by atoms with Gasteiger partial charge < -0.3 is 15.1 Å². The van der Waals surface area contributed by atoms with Crippen molar-refractivity contribution in [3.63, 3.8) is 0 Å². The van der Waals surface area contributed by atoms with Crippen molar-refractivity contribution in [3.8, 4) is 0 Å². The molecule has 0 aliphatic heterocycles. The summed E-state index contributed by atoms with van der Waals surface area (Å²) < 4.78 is 6.04. The Bertz CT molecular complexity index is 585. The van der Waals surface area contributed by atoms with Gasteiger partial charge in [-0.25, -0.2) is 0 Å². The highest BCUT2D eigenvalue weighted by Gasteiger charge is 2.44. The van der Waals surface area contributed by atoms with E-state index in [0.29, 0.717) is 0 Å². The van der Waals surface area contributed by atoms with Crippen molar-refractivity contribution in [3.05, 3.63) is 36.1 Å². The molecular formula is C18H26N2O. The number of rotatable bonds is 3. The third-order valence-electron chi connectivity index (χ3n) is 5.23. The molecule has 0 bridgehead atoms. The Hall–Kier alpha value is -1.32. The van der Waals surface area contributed by atoms with Crippen LogP contribution in [0.3, 0.4) is 0 Å². The maximum atomic E-state index is 6.70. The second-order valence-corrected chi connectivity index (χ2v) is 6.86. The molecule has 1 aliphatic carbocycles. The van der Waals surface area contributed by atoms with Gasteiger partial charge in [-0.3, -0.25) is 0 Å². The smallest absolute Gasteiger partial charge is 0.134 e. The van der Waals surface area contributed by atoms with Crippen LogP contribution in [0.15, 0.2) is 34.7 Å². The van der Waals surface area contributed by atoms with Crippen LogP contribution in [0.25, 0.3) is 11.0 Å². The number of hydrogen-bond donors (Lipinski definition) is 1. The average molecular weight is 286 g/mol. The molecule has 3 atom stereocenters. The standard InChI is InChI=1S/C18H26N2O/c1-13-7-6-10-18(12-13,20(2)3)17(19)16-11-14-8-4-5-9-15(14)21-16/h4-5,8-9,11,13,17H,6-7,10,12,19H2,1-3H3. The molecule has 3 nitrogen and oxygen atoms in total. The van der Waals surface area contributed by atoms with Gasteiger partial charge >= 0.3 is 0 Å². The zero-order chi connectivity index (χ0) is 15.0. The van der Waals surface area contributed by atoms with E-state index in [-0.39, 0.29) is 11.6 Å². The molecule has 21 heavy (non-hydrogen) atoms. The molecule has 0 spiro atoms. The van der Waals surface area contributed by atoms with Crippen LogP contribution in [0, 0.1) is 5.92 Å². The van der Waals surface area contributed by atoms with Gasteiger partial charge in [-0.05, 0) is 45.0 Å². The van der Waals surface area contributed by atoms with Crippen LogP contribution in [-0.2, 0) is 0 Å². The Morgan fingerprint density at radius 2 is 2.10 bits per heavy atom. The molecule has 1 saturated carbocycles. The van der Waals surface area contributed by atoms with E-state index in [1.807, 2.05) is 18.2 Å². The molecule has 2 aromatic rings. The number of furan rings is 1. The van der Waals surface area contributed by atoms with Crippen LogP contribution < -0.4 is 5.73 Å². The highest BCUT2D eigenvalue weighted by Crippen LogP contribution is 2.43. The van der Waals surface area contributed by atoms with Crippen LogP contribution in [0.4, 0.5) is 0 Å². The summed E-state index contributed by atoms with van der Waals surface area (Å²) in [5, 5.41) is 1.14. The maximum Gasteiger partial charge on any atom is 0.134 e. The van der Waals surface area contributed by atoms with E-state index in [9.17, 15) is 0 Å². The fraction of sp³-hybridized carbons (Fsp3) is 0.556. The number of para-hydroxylation sites is 1. The Labute approximate surface area is 127 Å². The first-order valence-electron chi connectivity index (χ1n) is 7.94. The van der Waals surface area contributed by atoms with E-state index in [1.165, 1.54) is 12.8 Å². The second-order valence-electron chi connectivity index (χ2n) is 6.86. The van der Waals surface area contributed by atoms with Crippen molar-refractivity contribution in [2.45, 2.75) is 44.2 Å². The van der Waals surface area contributed by atoms with Crippen molar-refractivity contribution in [2.24, 2.45) is 11.7 Å². The normalized spacial score (nSPS) is 28.1. The van der Waals surface area contributed by atoms with Crippen molar-refractivity contribution in [2.75, 3.05) is 14.1 Å². The molecule has 3 unspecified atom stereocenters. The third-order valence-corrected chi connectivity index (χ3v) is 5.23. The number of likely N-dealkylation sites (N-methyl/N-ethyl adjacent to an activating group) is 1. The number of benzene rings is 1. The quantitative estimate of drug-likeness (QED) is 0.929. The fourth-order valence-corrected chi connectivity index (χ4v) is 3.95. The minimum Gasteiger partial charge on any atom is -0.459 e. The lowest BCUT2D eigenvalue weighted by molar-refractivity contribution is 0.0437. The van der Waals surface area contributed by atoms with Gasteiger partial charge in [0, 0.05) is 10.9 Å². The SMILES string of the molecule is CC1CCCC(C(N)c2cc3ccccc3o2)(N(C)C)C1. The van der Waals surface area contributed by atoms with E-state index in [1.54, 1.807) is 0 Å². The molecule has 1 aromatic carbocycles. The Kier molecular flexibility index (Phi) is 3.80. The predicted octanol–water partition coefficient (Wildman–Crippen LogP) is 3.94. The maximum absolute atomic E-state index is 6.70. The van der Waals surface area contributed by atoms with E-state index >= 15 is 0 Å². The molecular weight excluding hydrogens is 260 g/mol. The van der Waals surface area contributed by atoms with E-state index in [2.05, 4.69) is 38.1 Å². The molecule has 3 heteroatoms. The van der Waals surface area contributed by atoms with Gasteiger partial charge in [0.15, 0.2) is 0 Å². The molecule has 1 heterocycles. The Morgan fingerprint density at radius 1 is 1.33 bits per heavy atom. The molecule has 1 aliphatic rings. The first-order chi connectivity index (χ1) is 10.0. The zero-order valence-corrected chi connectivity index (χ0v) is 13.3. The second kappa shape index (κ2) is 5.47. The van der Waals surface area contributed by atoms with Crippen LogP contribution in [0.1, 0.15) is 44.4 Å². The summed E-state index contributed by atoms with van der Waals surface area (Å²) in [5.41, 5.74) is 7.63. The first kappa shape index (κ1) is 14.6. The number of fused-ring (bicyclic) bond motifs is 1. The van der Waals surface area contributed by atoms with Gasteiger partial charge in [0.2, 0.25) is 0 Å². The summed E-state index contributed by atoms with van der Waals surface area (Å²) >= 11 is 0. The monoisotopic (exact) mass is 286 g/mol. The molecule has 114 valence electrons. The zero-order valence-electron chi connectivity index (χ0n) is 13.3. The van der Waals surface area contributed by atoms with Gasteiger partial charge in [0.05, 0.1) is 6.04 Å². The minimum absolute atomic E-state index is 0.00550. The topological polar surface area (TPSA) is 42.4 Å². The molecule has 0 saturated heterocycles. The number of nitrogens with zero attached hydrogens (tertiary/aromatic N) is 1. The minimum atomic E-state index is -0.0809. The Balaban J connectivity index is 1.98. The summed E-state index contributed by atoms with van der Waals surface area (Å²) in [6.07, 6.45) is 4.83. The van der Waals surface area contributed by atoms with Crippen molar-refractivity contribution >= 4 is 11.0 Å². The van der Waals surface area contributed by atoms with Gasteiger partial charge in [0.25, 0.3) is 0 Å².